The summed E-state index contributed by atoms with van der Waals surface area (Å²) in [5, 5.41) is 11.8. The average molecular weight is 360 g/mol. The number of nitriles is 1. The van der Waals surface area contributed by atoms with E-state index in [2.05, 4.69) is 5.32 Å². The smallest absolute Gasteiger partial charge is 0.348 e. The molecule has 1 amide bonds. The lowest BCUT2D eigenvalue weighted by Gasteiger charge is -2.11. The van der Waals surface area contributed by atoms with Crippen LogP contribution in [0.4, 0.5) is 0 Å². The molecule has 0 radical (unpaired) electrons. The highest BCUT2D eigenvalue weighted by molar-refractivity contribution is 5.98. The van der Waals surface area contributed by atoms with E-state index in [0.29, 0.717) is 23.6 Å². The number of carbonyl (C=O) groups is 2. The molecule has 140 valence electrons. The van der Waals surface area contributed by atoms with E-state index in [1.54, 1.807) is 18.2 Å². The van der Waals surface area contributed by atoms with E-state index in [1.165, 1.54) is 13.2 Å². The molecule has 1 aromatic rings. The Labute approximate surface area is 153 Å². The van der Waals surface area contributed by atoms with Crippen LogP contribution in [0.25, 0.3) is 6.08 Å². The summed E-state index contributed by atoms with van der Waals surface area (Å²) in [4.78, 5) is 23.4. The number of nitrogens with zero attached hydrogens (tertiary/aromatic N) is 1. The van der Waals surface area contributed by atoms with E-state index in [0.717, 1.165) is 12.8 Å². The average Bonchev–Trinajstić information content (AvgIpc) is 2.65. The predicted molar refractivity (Wildman–Crippen MR) is 96.6 cm³/mol. The number of amides is 1. The molecule has 7 heteroatoms. The molecule has 1 rings (SSSR count). The van der Waals surface area contributed by atoms with Crippen molar-refractivity contribution in [2.24, 2.45) is 0 Å². The summed E-state index contributed by atoms with van der Waals surface area (Å²) in [5.74, 6) is -0.115. The first kappa shape index (κ1) is 21.0. The molecule has 0 saturated heterocycles. The van der Waals surface area contributed by atoms with Crippen LogP contribution in [0.5, 0.6) is 11.5 Å². The molecule has 0 unspecified atom stereocenters. The molecule has 0 aromatic heterocycles. The first-order chi connectivity index (χ1) is 12.5. The second-order valence-electron chi connectivity index (χ2n) is 5.31. The number of esters is 1. The van der Waals surface area contributed by atoms with Crippen LogP contribution in [-0.2, 0) is 14.3 Å². The van der Waals surface area contributed by atoms with Gasteiger partial charge in [0.25, 0.3) is 5.91 Å². The molecular weight excluding hydrogens is 336 g/mol. The third kappa shape index (κ3) is 6.85. The third-order valence-electron chi connectivity index (χ3n) is 3.30. The molecule has 0 aliphatic heterocycles. The van der Waals surface area contributed by atoms with Gasteiger partial charge in [-0.2, -0.15) is 5.26 Å². The maximum atomic E-state index is 11.9. The van der Waals surface area contributed by atoms with Crippen LogP contribution in [0, 0.1) is 11.3 Å². The SMILES string of the molecule is CCCCOC(=O)/C(C#N)=C/c1ccc(OCC(=O)NCC)c(OC)c1. The van der Waals surface area contributed by atoms with Crippen molar-refractivity contribution in [2.75, 3.05) is 26.9 Å². The standard InChI is InChI=1S/C19H24N2O5/c1-4-6-9-25-19(23)15(12-20)10-14-7-8-16(17(11-14)24-3)26-13-18(22)21-5-2/h7-8,10-11H,4-6,9,13H2,1-3H3,(H,21,22)/b15-10+. The van der Waals surface area contributed by atoms with Gasteiger partial charge >= 0.3 is 5.97 Å². The quantitative estimate of drug-likeness (QED) is 0.298. The van der Waals surface area contributed by atoms with Crippen molar-refractivity contribution in [3.63, 3.8) is 0 Å². The first-order valence-electron chi connectivity index (χ1n) is 8.42. The highest BCUT2D eigenvalue weighted by atomic mass is 16.5. The number of methoxy groups -OCH3 is 1. The fourth-order valence-corrected chi connectivity index (χ4v) is 1.98. The Morgan fingerprint density at radius 2 is 2.04 bits per heavy atom. The molecule has 1 aromatic carbocycles. The van der Waals surface area contributed by atoms with Gasteiger partial charge in [0.1, 0.15) is 11.6 Å². The van der Waals surface area contributed by atoms with Gasteiger partial charge in [-0.25, -0.2) is 4.79 Å². The number of rotatable bonds is 10. The van der Waals surface area contributed by atoms with Gasteiger partial charge in [0.15, 0.2) is 18.1 Å². The summed E-state index contributed by atoms with van der Waals surface area (Å²) in [6.45, 7) is 4.47. The van der Waals surface area contributed by atoms with Crippen molar-refractivity contribution >= 4 is 18.0 Å². The number of hydrogen-bond acceptors (Lipinski definition) is 6. The Balaban J connectivity index is 2.88. The van der Waals surface area contributed by atoms with Gasteiger partial charge in [-0.1, -0.05) is 19.4 Å². The number of unbranched alkanes of at least 4 members (excludes halogenated alkanes) is 1. The van der Waals surface area contributed by atoms with Crippen LogP contribution >= 0.6 is 0 Å². The van der Waals surface area contributed by atoms with Gasteiger partial charge in [-0.3, -0.25) is 4.79 Å². The number of hydrogen-bond donors (Lipinski definition) is 1. The number of ether oxygens (including phenoxy) is 3. The lowest BCUT2D eigenvalue weighted by atomic mass is 10.1. The normalized spacial score (nSPS) is 10.6. The number of nitrogens with one attached hydrogen (secondary N) is 1. The summed E-state index contributed by atoms with van der Waals surface area (Å²) in [5.41, 5.74) is 0.482. The van der Waals surface area contributed by atoms with E-state index in [9.17, 15) is 14.9 Å². The Kier molecular flexibility index (Phi) is 9.33. The van der Waals surface area contributed by atoms with Gasteiger partial charge in [0.2, 0.25) is 0 Å². The van der Waals surface area contributed by atoms with E-state index >= 15 is 0 Å². The zero-order chi connectivity index (χ0) is 19.4. The Morgan fingerprint density at radius 1 is 1.27 bits per heavy atom. The predicted octanol–water partition coefficient (Wildman–Crippen LogP) is 2.46. The van der Waals surface area contributed by atoms with Crippen LogP contribution in [0.15, 0.2) is 23.8 Å². The van der Waals surface area contributed by atoms with E-state index in [4.69, 9.17) is 14.2 Å². The lowest BCUT2D eigenvalue weighted by Crippen LogP contribution is -2.28. The van der Waals surface area contributed by atoms with Crippen molar-refractivity contribution in [3.8, 4) is 17.6 Å². The van der Waals surface area contributed by atoms with Gasteiger partial charge in [0.05, 0.1) is 13.7 Å². The molecular formula is C19H24N2O5. The largest absolute Gasteiger partial charge is 0.493 e. The molecule has 0 atom stereocenters. The summed E-state index contributed by atoms with van der Waals surface area (Å²) in [6.07, 6.45) is 3.06. The zero-order valence-corrected chi connectivity index (χ0v) is 15.3. The van der Waals surface area contributed by atoms with Gasteiger partial charge in [-0.15, -0.1) is 0 Å². The zero-order valence-electron chi connectivity index (χ0n) is 15.3. The van der Waals surface area contributed by atoms with Crippen molar-refractivity contribution in [1.82, 2.24) is 5.32 Å². The fraction of sp³-hybridized carbons (Fsp3) is 0.421. The van der Waals surface area contributed by atoms with Gasteiger partial charge < -0.3 is 19.5 Å². The summed E-state index contributed by atoms with van der Waals surface area (Å²) in [7, 11) is 1.46. The van der Waals surface area contributed by atoms with Crippen LogP contribution in [-0.4, -0.2) is 38.7 Å². The first-order valence-corrected chi connectivity index (χ1v) is 8.42. The second-order valence-corrected chi connectivity index (χ2v) is 5.31. The molecule has 1 N–H and O–H groups in total. The molecule has 0 bridgehead atoms. The minimum absolute atomic E-state index is 0.0980. The van der Waals surface area contributed by atoms with E-state index in [-0.39, 0.29) is 24.7 Å². The van der Waals surface area contributed by atoms with Crippen molar-refractivity contribution in [3.05, 3.63) is 29.3 Å². The summed E-state index contributed by atoms with van der Waals surface area (Å²) >= 11 is 0. The number of benzene rings is 1. The lowest BCUT2D eigenvalue weighted by molar-refractivity contribution is -0.138. The summed E-state index contributed by atoms with van der Waals surface area (Å²) in [6, 6.07) is 6.73. The minimum atomic E-state index is -0.656. The molecule has 0 aliphatic carbocycles. The minimum Gasteiger partial charge on any atom is -0.493 e. The third-order valence-corrected chi connectivity index (χ3v) is 3.30. The Hall–Kier alpha value is -3.01. The number of likely N-dealkylation sites (N-methyl/N-ethyl adjacent to an activating group) is 1. The molecule has 0 fully saturated rings. The Bertz CT molecular complexity index is 692. The van der Waals surface area contributed by atoms with E-state index in [1.807, 2.05) is 19.9 Å². The van der Waals surface area contributed by atoms with E-state index < -0.39 is 5.97 Å². The fourth-order valence-electron chi connectivity index (χ4n) is 1.98. The molecule has 0 aliphatic rings. The van der Waals surface area contributed by atoms with Gasteiger partial charge in [0, 0.05) is 6.54 Å². The molecule has 0 heterocycles. The Morgan fingerprint density at radius 3 is 2.65 bits per heavy atom. The highest BCUT2D eigenvalue weighted by Crippen LogP contribution is 2.29. The van der Waals surface area contributed by atoms with Crippen LogP contribution in [0.3, 0.4) is 0 Å². The van der Waals surface area contributed by atoms with Crippen LogP contribution in [0.2, 0.25) is 0 Å². The van der Waals surface area contributed by atoms with Crippen LogP contribution in [0.1, 0.15) is 32.3 Å². The van der Waals surface area contributed by atoms with Crippen molar-refractivity contribution in [2.45, 2.75) is 26.7 Å². The molecule has 26 heavy (non-hydrogen) atoms. The maximum Gasteiger partial charge on any atom is 0.348 e. The summed E-state index contributed by atoms with van der Waals surface area (Å²) < 4.78 is 15.7. The highest BCUT2D eigenvalue weighted by Gasteiger charge is 2.12. The molecule has 0 saturated carbocycles. The van der Waals surface area contributed by atoms with Crippen molar-refractivity contribution < 1.29 is 23.8 Å². The van der Waals surface area contributed by atoms with Gasteiger partial charge in [-0.05, 0) is 37.1 Å². The van der Waals surface area contributed by atoms with Crippen LogP contribution < -0.4 is 14.8 Å². The molecule has 0 spiro atoms. The van der Waals surface area contributed by atoms with Crippen molar-refractivity contribution in [1.29, 1.82) is 5.26 Å². The molecule has 7 nitrogen and oxygen atoms in total. The number of carbonyl (C=O) groups excluding carboxylic acids is 2. The maximum absolute atomic E-state index is 11.9. The monoisotopic (exact) mass is 360 g/mol. The second kappa shape index (κ2) is 11.5. The topological polar surface area (TPSA) is 97.7 Å².